The molecule has 108 valence electrons. The minimum Gasteiger partial charge on any atom is -0.336 e. The third-order valence-electron chi connectivity index (χ3n) is 2.84. The number of aryl methyl sites for hydroxylation is 1. The predicted octanol–water partition coefficient (Wildman–Crippen LogP) is 0.398. The van der Waals surface area contributed by atoms with Crippen LogP contribution in [0.2, 0.25) is 0 Å². The van der Waals surface area contributed by atoms with Gasteiger partial charge in [0.1, 0.15) is 5.69 Å². The Kier molecular flexibility index (Phi) is 4.69. The summed E-state index contributed by atoms with van der Waals surface area (Å²) in [6, 6.07) is 3.43. The second-order valence-corrected chi connectivity index (χ2v) is 4.62. The van der Waals surface area contributed by atoms with Crippen molar-refractivity contribution in [3.63, 3.8) is 0 Å². The van der Waals surface area contributed by atoms with Crippen LogP contribution in [-0.4, -0.2) is 39.2 Å². The van der Waals surface area contributed by atoms with Gasteiger partial charge in [0, 0.05) is 44.2 Å². The maximum Gasteiger partial charge on any atom is 0.272 e. The molecular formula is C15H17N5O. The Hall–Kier alpha value is -2.65. The topological polar surface area (TPSA) is 77.0 Å². The van der Waals surface area contributed by atoms with Crippen LogP contribution in [0.4, 0.5) is 0 Å². The lowest BCUT2D eigenvalue weighted by Crippen LogP contribution is -2.26. The largest absolute Gasteiger partial charge is 0.336 e. The maximum absolute atomic E-state index is 12.3. The van der Waals surface area contributed by atoms with Crippen LogP contribution in [0.15, 0.2) is 30.7 Å². The number of nitrogens with zero attached hydrogens (tertiary/aromatic N) is 4. The van der Waals surface area contributed by atoms with Gasteiger partial charge in [-0.25, -0.2) is 4.98 Å². The van der Waals surface area contributed by atoms with Gasteiger partial charge in [0.05, 0.1) is 12.7 Å². The number of carbonyl (C=O) groups excluding carboxylic acids is 1. The van der Waals surface area contributed by atoms with Gasteiger partial charge < -0.3 is 10.6 Å². The molecule has 1 amide bonds. The van der Waals surface area contributed by atoms with E-state index in [0.717, 1.165) is 11.1 Å². The average molecular weight is 283 g/mol. The molecule has 0 bridgehead atoms. The van der Waals surface area contributed by atoms with E-state index in [4.69, 9.17) is 5.73 Å². The monoisotopic (exact) mass is 283 g/mol. The van der Waals surface area contributed by atoms with Gasteiger partial charge in [0.25, 0.3) is 5.91 Å². The molecule has 0 spiro atoms. The maximum atomic E-state index is 12.3. The Balaban J connectivity index is 2.05. The molecule has 21 heavy (non-hydrogen) atoms. The highest BCUT2D eigenvalue weighted by atomic mass is 16.2. The molecule has 0 saturated carbocycles. The van der Waals surface area contributed by atoms with Crippen molar-refractivity contribution >= 4 is 5.91 Å². The molecule has 0 aliphatic carbocycles. The van der Waals surface area contributed by atoms with E-state index in [1.54, 1.807) is 41.2 Å². The highest BCUT2D eigenvalue weighted by Crippen LogP contribution is 2.06. The van der Waals surface area contributed by atoms with E-state index in [1.807, 2.05) is 13.2 Å². The van der Waals surface area contributed by atoms with Crippen LogP contribution in [0.3, 0.4) is 0 Å². The first-order chi connectivity index (χ1) is 10.1. The minimum atomic E-state index is -0.141. The van der Waals surface area contributed by atoms with Crippen molar-refractivity contribution < 1.29 is 4.79 Å². The lowest BCUT2D eigenvalue weighted by Gasteiger charge is -2.15. The Morgan fingerprint density at radius 1 is 1.43 bits per heavy atom. The Morgan fingerprint density at radius 3 is 2.81 bits per heavy atom. The lowest BCUT2D eigenvalue weighted by molar-refractivity contribution is 0.0779. The van der Waals surface area contributed by atoms with E-state index in [-0.39, 0.29) is 5.91 Å². The zero-order valence-electron chi connectivity index (χ0n) is 12.1. The summed E-state index contributed by atoms with van der Waals surface area (Å²) in [7, 11) is 3.58. The Labute approximate surface area is 123 Å². The zero-order valence-corrected chi connectivity index (χ0v) is 12.1. The number of aromatic nitrogens is 3. The number of nitrogens with two attached hydrogens (primary N) is 1. The molecule has 0 radical (unpaired) electrons. The van der Waals surface area contributed by atoms with E-state index in [9.17, 15) is 4.79 Å². The van der Waals surface area contributed by atoms with Crippen LogP contribution >= 0.6 is 0 Å². The normalized spacial score (nSPS) is 9.86. The van der Waals surface area contributed by atoms with Gasteiger partial charge in [-0.2, -0.15) is 5.10 Å². The first-order valence-electron chi connectivity index (χ1n) is 6.48. The van der Waals surface area contributed by atoms with Gasteiger partial charge in [-0.3, -0.25) is 9.48 Å². The minimum absolute atomic E-state index is 0.141. The molecular weight excluding hydrogens is 266 g/mol. The summed E-state index contributed by atoms with van der Waals surface area (Å²) in [6.07, 6.45) is 5.19. The van der Waals surface area contributed by atoms with Crippen molar-refractivity contribution in [1.29, 1.82) is 0 Å². The van der Waals surface area contributed by atoms with Gasteiger partial charge in [-0.15, -0.1) is 0 Å². The molecule has 6 nitrogen and oxygen atoms in total. The summed E-state index contributed by atoms with van der Waals surface area (Å²) in [5.41, 5.74) is 7.41. The Bertz CT molecular complexity index is 678. The molecule has 2 rings (SSSR count). The molecule has 2 aromatic heterocycles. The fourth-order valence-electron chi connectivity index (χ4n) is 1.84. The predicted molar refractivity (Wildman–Crippen MR) is 79.2 cm³/mol. The van der Waals surface area contributed by atoms with Crippen LogP contribution in [0.1, 0.15) is 21.6 Å². The second-order valence-electron chi connectivity index (χ2n) is 4.62. The van der Waals surface area contributed by atoms with Crippen LogP contribution in [0.5, 0.6) is 0 Å². The number of hydrogen-bond acceptors (Lipinski definition) is 4. The summed E-state index contributed by atoms with van der Waals surface area (Å²) in [6.45, 7) is 0.789. The Morgan fingerprint density at radius 2 is 2.24 bits per heavy atom. The average Bonchev–Trinajstić information content (AvgIpc) is 2.90. The molecule has 0 atom stereocenters. The molecule has 2 N–H and O–H groups in total. The molecule has 2 heterocycles. The molecule has 0 saturated heterocycles. The smallest absolute Gasteiger partial charge is 0.272 e. The summed E-state index contributed by atoms with van der Waals surface area (Å²) >= 11 is 0. The van der Waals surface area contributed by atoms with Crippen molar-refractivity contribution in [3.8, 4) is 11.8 Å². The van der Waals surface area contributed by atoms with E-state index >= 15 is 0 Å². The standard InChI is InChI=1S/C15H17N5O/c1-19(10-13-9-18-20(2)11-13)15(21)14-6-5-12(8-17-14)4-3-7-16/h5-6,8-9,11H,7,10,16H2,1-2H3. The van der Waals surface area contributed by atoms with Crippen molar-refractivity contribution in [1.82, 2.24) is 19.7 Å². The summed E-state index contributed by atoms with van der Waals surface area (Å²) in [5, 5.41) is 4.08. The van der Waals surface area contributed by atoms with Gasteiger partial charge in [-0.05, 0) is 12.1 Å². The number of rotatable bonds is 3. The number of carbonyl (C=O) groups is 1. The highest BCUT2D eigenvalue weighted by molar-refractivity contribution is 5.92. The van der Waals surface area contributed by atoms with Gasteiger partial charge in [-0.1, -0.05) is 11.8 Å². The molecule has 6 heteroatoms. The number of amides is 1. The highest BCUT2D eigenvalue weighted by Gasteiger charge is 2.13. The number of hydrogen-bond donors (Lipinski definition) is 1. The molecule has 0 fully saturated rings. The first kappa shape index (κ1) is 14.8. The van der Waals surface area contributed by atoms with Gasteiger partial charge in [0.2, 0.25) is 0 Å². The van der Waals surface area contributed by atoms with Crippen LogP contribution in [-0.2, 0) is 13.6 Å². The van der Waals surface area contributed by atoms with E-state index in [1.165, 1.54) is 0 Å². The molecule has 2 aromatic rings. The van der Waals surface area contributed by atoms with E-state index in [0.29, 0.717) is 18.8 Å². The molecule has 0 aliphatic rings. The zero-order chi connectivity index (χ0) is 15.2. The molecule has 0 unspecified atom stereocenters. The lowest BCUT2D eigenvalue weighted by atomic mass is 10.2. The van der Waals surface area contributed by atoms with Crippen molar-refractivity contribution in [2.45, 2.75) is 6.54 Å². The second kappa shape index (κ2) is 6.68. The molecule has 0 aliphatic heterocycles. The van der Waals surface area contributed by atoms with Gasteiger partial charge >= 0.3 is 0 Å². The summed E-state index contributed by atoms with van der Waals surface area (Å²) in [5.74, 6) is 5.47. The first-order valence-corrected chi connectivity index (χ1v) is 6.48. The van der Waals surface area contributed by atoms with Crippen LogP contribution < -0.4 is 5.73 Å². The fraction of sp³-hybridized carbons (Fsp3) is 0.267. The van der Waals surface area contributed by atoms with Crippen molar-refractivity contribution in [3.05, 3.63) is 47.5 Å². The summed E-state index contributed by atoms with van der Waals surface area (Å²) < 4.78 is 1.71. The number of pyridine rings is 1. The van der Waals surface area contributed by atoms with Gasteiger partial charge in [0.15, 0.2) is 0 Å². The quantitative estimate of drug-likeness (QED) is 0.827. The summed E-state index contributed by atoms with van der Waals surface area (Å²) in [4.78, 5) is 18.0. The van der Waals surface area contributed by atoms with E-state index < -0.39 is 0 Å². The van der Waals surface area contributed by atoms with E-state index in [2.05, 4.69) is 21.9 Å². The van der Waals surface area contributed by atoms with Crippen LogP contribution in [0.25, 0.3) is 0 Å². The fourth-order valence-corrected chi connectivity index (χ4v) is 1.84. The third kappa shape index (κ3) is 3.91. The van der Waals surface area contributed by atoms with Crippen molar-refractivity contribution in [2.24, 2.45) is 12.8 Å². The third-order valence-corrected chi connectivity index (χ3v) is 2.84. The van der Waals surface area contributed by atoms with Crippen molar-refractivity contribution in [2.75, 3.05) is 13.6 Å². The SMILES string of the molecule is CN(Cc1cnn(C)c1)C(=O)c1ccc(C#CCN)cn1. The van der Waals surface area contributed by atoms with Crippen LogP contribution in [0, 0.1) is 11.8 Å². The molecule has 0 aromatic carbocycles.